The van der Waals surface area contributed by atoms with Gasteiger partial charge in [-0.05, 0) is 25.7 Å². The molecule has 1 heterocycles. The van der Waals surface area contributed by atoms with Crippen LogP contribution in [0.5, 0.6) is 0 Å². The predicted octanol–water partition coefficient (Wildman–Crippen LogP) is 1.20. The van der Waals surface area contributed by atoms with E-state index in [2.05, 4.69) is 32.6 Å². The van der Waals surface area contributed by atoms with E-state index in [1.807, 2.05) is 6.92 Å². The standard InChI is InChI=1S/C12H26N2O/c1-9(13)10(11(2,3)4)14-7-6-12(5,15)8-14/h9-10,15H,6-8,13H2,1-5H3. The molecule has 0 radical (unpaired) electrons. The zero-order chi connectivity index (χ0) is 11.9. The molecule has 3 unspecified atom stereocenters. The topological polar surface area (TPSA) is 49.5 Å². The van der Waals surface area contributed by atoms with Crippen LogP contribution < -0.4 is 5.73 Å². The molecule has 0 bridgehead atoms. The molecule has 0 saturated carbocycles. The van der Waals surface area contributed by atoms with E-state index < -0.39 is 5.60 Å². The number of hydrogen-bond acceptors (Lipinski definition) is 3. The average Bonchev–Trinajstić information content (AvgIpc) is 2.25. The van der Waals surface area contributed by atoms with Crippen molar-refractivity contribution < 1.29 is 5.11 Å². The van der Waals surface area contributed by atoms with E-state index in [4.69, 9.17) is 5.73 Å². The van der Waals surface area contributed by atoms with Gasteiger partial charge in [0, 0.05) is 25.2 Å². The summed E-state index contributed by atoms with van der Waals surface area (Å²) in [5.41, 5.74) is 5.70. The van der Waals surface area contributed by atoms with Crippen molar-refractivity contribution in [2.75, 3.05) is 13.1 Å². The Morgan fingerprint density at radius 3 is 2.20 bits per heavy atom. The van der Waals surface area contributed by atoms with E-state index in [1.54, 1.807) is 0 Å². The second kappa shape index (κ2) is 4.04. The highest BCUT2D eigenvalue weighted by atomic mass is 16.3. The number of hydrogen-bond donors (Lipinski definition) is 2. The second-order valence-corrected chi connectivity index (χ2v) is 6.39. The molecule has 1 saturated heterocycles. The number of likely N-dealkylation sites (tertiary alicyclic amines) is 1. The van der Waals surface area contributed by atoms with Gasteiger partial charge < -0.3 is 10.8 Å². The number of aliphatic hydroxyl groups is 1. The molecule has 15 heavy (non-hydrogen) atoms. The van der Waals surface area contributed by atoms with Gasteiger partial charge in [0.2, 0.25) is 0 Å². The smallest absolute Gasteiger partial charge is 0.0758 e. The molecule has 0 aromatic rings. The maximum Gasteiger partial charge on any atom is 0.0758 e. The molecule has 3 N–H and O–H groups in total. The van der Waals surface area contributed by atoms with Gasteiger partial charge in [-0.25, -0.2) is 0 Å². The molecular formula is C12H26N2O. The number of β-amino-alcohol motifs (C(OH)–C–C–N with tert-alkyl or cyclic N) is 1. The van der Waals surface area contributed by atoms with Crippen LogP contribution in [0.4, 0.5) is 0 Å². The van der Waals surface area contributed by atoms with Crippen LogP contribution in [-0.4, -0.2) is 40.8 Å². The fraction of sp³-hybridized carbons (Fsp3) is 1.00. The minimum absolute atomic E-state index is 0.138. The summed E-state index contributed by atoms with van der Waals surface area (Å²) in [4.78, 5) is 2.34. The number of nitrogens with two attached hydrogens (primary N) is 1. The zero-order valence-corrected chi connectivity index (χ0v) is 10.7. The summed E-state index contributed by atoms with van der Waals surface area (Å²) in [6, 6.07) is 0.477. The van der Waals surface area contributed by atoms with E-state index in [0.29, 0.717) is 6.04 Å². The molecule has 0 amide bonds. The van der Waals surface area contributed by atoms with Gasteiger partial charge in [-0.3, -0.25) is 4.90 Å². The third kappa shape index (κ3) is 3.16. The number of nitrogens with zero attached hydrogens (tertiary/aromatic N) is 1. The molecule has 1 rings (SSSR count). The van der Waals surface area contributed by atoms with Crippen molar-refractivity contribution in [2.45, 2.75) is 58.7 Å². The van der Waals surface area contributed by atoms with Gasteiger partial charge in [0.05, 0.1) is 5.60 Å². The molecule has 0 aromatic heterocycles. The van der Waals surface area contributed by atoms with Crippen LogP contribution in [0.25, 0.3) is 0 Å². The summed E-state index contributed by atoms with van der Waals surface area (Å²) < 4.78 is 0. The molecular weight excluding hydrogens is 188 g/mol. The lowest BCUT2D eigenvalue weighted by atomic mass is 9.82. The first-order valence-electron chi connectivity index (χ1n) is 5.85. The molecule has 0 spiro atoms. The van der Waals surface area contributed by atoms with E-state index >= 15 is 0 Å². The van der Waals surface area contributed by atoms with Crippen molar-refractivity contribution in [2.24, 2.45) is 11.1 Å². The van der Waals surface area contributed by atoms with Crippen LogP contribution in [0.1, 0.15) is 41.0 Å². The monoisotopic (exact) mass is 214 g/mol. The minimum Gasteiger partial charge on any atom is -0.389 e. The lowest BCUT2D eigenvalue weighted by molar-refractivity contribution is 0.0411. The van der Waals surface area contributed by atoms with Crippen molar-refractivity contribution >= 4 is 0 Å². The van der Waals surface area contributed by atoms with Gasteiger partial charge in [0.1, 0.15) is 0 Å². The van der Waals surface area contributed by atoms with Gasteiger partial charge in [-0.2, -0.15) is 0 Å². The fourth-order valence-electron chi connectivity index (χ4n) is 2.89. The molecule has 0 aliphatic carbocycles. The molecule has 1 aliphatic heterocycles. The Hall–Kier alpha value is -0.120. The summed E-state index contributed by atoms with van der Waals surface area (Å²) in [6.45, 7) is 12.3. The first kappa shape index (κ1) is 12.9. The highest BCUT2D eigenvalue weighted by molar-refractivity contribution is 4.96. The molecule has 90 valence electrons. The first-order chi connectivity index (χ1) is 6.63. The van der Waals surface area contributed by atoms with E-state index in [-0.39, 0.29) is 11.5 Å². The average molecular weight is 214 g/mol. The Morgan fingerprint density at radius 2 is 1.93 bits per heavy atom. The van der Waals surface area contributed by atoms with Gasteiger partial charge in [0.15, 0.2) is 0 Å². The largest absolute Gasteiger partial charge is 0.389 e. The lowest BCUT2D eigenvalue weighted by Gasteiger charge is -2.41. The molecule has 0 aromatic carbocycles. The van der Waals surface area contributed by atoms with E-state index in [0.717, 1.165) is 19.5 Å². The van der Waals surface area contributed by atoms with Crippen LogP contribution in [-0.2, 0) is 0 Å². The van der Waals surface area contributed by atoms with Crippen LogP contribution in [0.3, 0.4) is 0 Å². The van der Waals surface area contributed by atoms with Crippen molar-refractivity contribution in [1.29, 1.82) is 0 Å². The quantitative estimate of drug-likeness (QED) is 0.726. The predicted molar refractivity (Wildman–Crippen MR) is 63.7 cm³/mol. The highest BCUT2D eigenvalue weighted by Crippen LogP contribution is 2.31. The summed E-state index contributed by atoms with van der Waals surface area (Å²) in [5, 5.41) is 9.98. The van der Waals surface area contributed by atoms with Crippen LogP contribution in [0.2, 0.25) is 0 Å². The van der Waals surface area contributed by atoms with Gasteiger partial charge in [-0.1, -0.05) is 20.8 Å². The maximum atomic E-state index is 9.98. The van der Waals surface area contributed by atoms with Gasteiger partial charge in [0.25, 0.3) is 0 Å². The normalized spacial score (nSPS) is 33.0. The fourth-order valence-corrected chi connectivity index (χ4v) is 2.89. The van der Waals surface area contributed by atoms with Crippen LogP contribution >= 0.6 is 0 Å². The summed E-state index contributed by atoms with van der Waals surface area (Å²) >= 11 is 0. The summed E-state index contributed by atoms with van der Waals surface area (Å²) in [5.74, 6) is 0. The zero-order valence-electron chi connectivity index (χ0n) is 10.7. The van der Waals surface area contributed by atoms with Crippen LogP contribution in [0, 0.1) is 5.41 Å². The maximum absolute atomic E-state index is 9.98. The van der Waals surface area contributed by atoms with E-state index in [9.17, 15) is 5.11 Å². The van der Waals surface area contributed by atoms with Crippen LogP contribution in [0.15, 0.2) is 0 Å². The third-order valence-electron chi connectivity index (χ3n) is 3.26. The second-order valence-electron chi connectivity index (χ2n) is 6.39. The minimum atomic E-state index is -0.529. The number of rotatable bonds is 2. The van der Waals surface area contributed by atoms with Crippen molar-refractivity contribution in [1.82, 2.24) is 4.90 Å². The molecule has 1 aliphatic rings. The Bertz CT molecular complexity index is 218. The van der Waals surface area contributed by atoms with Crippen molar-refractivity contribution in [3.63, 3.8) is 0 Å². The van der Waals surface area contributed by atoms with Gasteiger partial charge in [-0.15, -0.1) is 0 Å². The van der Waals surface area contributed by atoms with Gasteiger partial charge >= 0.3 is 0 Å². The Morgan fingerprint density at radius 1 is 1.40 bits per heavy atom. The molecule has 3 atom stereocenters. The Balaban J connectivity index is 2.76. The Kier molecular flexibility index (Phi) is 3.49. The molecule has 3 heteroatoms. The SMILES string of the molecule is CC(N)C(N1CCC(C)(O)C1)C(C)(C)C. The molecule has 1 fully saturated rings. The lowest BCUT2D eigenvalue weighted by Crippen LogP contribution is -2.53. The van der Waals surface area contributed by atoms with E-state index in [1.165, 1.54) is 0 Å². The summed E-state index contributed by atoms with van der Waals surface area (Å²) in [6.07, 6.45) is 0.853. The summed E-state index contributed by atoms with van der Waals surface area (Å²) in [7, 11) is 0. The molecule has 3 nitrogen and oxygen atoms in total. The first-order valence-corrected chi connectivity index (χ1v) is 5.85. The Labute approximate surface area is 93.6 Å². The van der Waals surface area contributed by atoms with Crippen molar-refractivity contribution in [3.05, 3.63) is 0 Å². The third-order valence-corrected chi connectivity index (χ3v) is 3.26. The van der Waals surface area contributed by atoms with Crippen molar-refractivity contribution in [3.8, 4) is 0 Å². The highest BCUT2D eigenvalue weighted by Gasteiger charge is 2.40.